The van der Waals surface area contributed by atoms with Crippen molar-refractivity contribution in [1.82, 2.24) is 14.5 Å². The fourth-order valence-corrected chi connectivity index (χ4v) is 4.50. The molecule has 2 bridgehead atoms. The predicted molar refractivity (Wildman–Crippen MR) is 86.3 cm³/mol. The standard InChI is InChI=1S/C17H24N4/c1-11-19-16-8-12(18)6-7-17(16)21(11)15-9-13-4-3-5-14(10-15)20(13)2/h6-8,13-15H,3-5,9-10,18H2,1-2H3. The molecule has 2 saturated heterocycles. The van der Waals surface area contributed by atoms with Gasteiger partial charge in [-0.25, -0.2) is 4.98 Å². The lowest BCUT2D eigenvalue weighted by molar-refractivity contribution is 0.0405. The van der Waals surface area contributed by atoms with E-state index in [2.05, 4.69) is 29.5 Å². The number of aryl methyl sites for hydroxylation is 1. The molecule has 0 amide bonds. The summed E-state index contributed by atoms with van der Waals surface area (Å²) < 4.78 is 2.47. The summed E-state index contributed by atoms with van der Waals surface area (Å²) in [6, 6.07) is 8.20. The number of hydrogen-bond acceptors (Lipinski definition) is 3. The second-order valence-electron chi connectivity index (χ2n) is 6.81. The maximum atomic E-state index is 5.90. The molecule has 0 saturated carbocycles. The summed E-state index contributed by atoms with van der Waals surface area (Å²) in [7, 11) is 2.31. The van der Waals surface area contributed by atoms with Crippen molar-refractivity contribution in [1.29, 1.82) is 0 Å². The van der Waals surface area contributed by atoms with E-state index in [-0.39, 0.29) is 0 Å². The summed E-state index contributed by atoms with van der Waals surface area (Å²) in [5.41, 5.74) is 8.98. The zero-order chi connectivity index (χ0) is 14.6. The molecule has 21 heavy (non-hydrogen) atoms. The Hall–Kier alpha value is -1.55. The van der Waals surface area contributed by atoms with Crippen LogP contribution < -0.4 is 5.73 Å². The molecule has 0 radical (unpaired) electrons. The monoisotopic (exact) mass is 284 g/mol. The number of benzene rings is 1. The first-order valence-corrected chi connectivity index (χ1v) is 8.09. The molecular formula is C17H24N4. The fraction of sp³-hybridized carbons (Fsp3) is 0.588. The van der Waals surface area contributed by atoms with Gasteiger partial charge in [-0.2, -0.15) is 0 Å². The largest absolute Gasteiger partial charge is 0.399 e. The van der Waals surface area contributed by atoms with Crippen molar-refractivity contribution in [3.05, 3.63) is 24.0 Å². The Bertz CT molecular complexity index is 661. The molecule has 3 heterocycles. The van der Waals surface area contributed by atoms with E-state index < -0.39 is 0 Å². The van der Waals surface area contributed by atoms with Gasteiger partial charge in [-0.3, -0.25) is 0 Å². The van der Waals surface area contributed by atoms with Crippen LogP contribution >= 0.6 is 0 Å². The van der Waals surface area contributed by atoms with Crippen LogP contribution in [-0.2, 0) is 0 Å². The van der Waals surface area contributed by atoms with Crippen LogP contribution in [0.1, 0.15) is 44.0 Å². The van der Waals surface area contributed by atoms with E-state index in [9.17, 15) is 0 Å². The Morgan fingerprint density at radius 3 is 2.57 bits per heavy atom. The van der Waals surface area contributed by atoms with Crippen molar-refractivity contribution >= 4 is 16.7 Å². The summed E-state index contributed by atoms with van der Waals surface area (Å²) in [6.07, 6.45) is 6.60. The van der Waals surface area contributed by atoms with E-state index >= 15 is 0 Å². The average Bonchev–Trinajstić information content (AvgIpc) is 2.73. The van der Waals surface area contributed by atoms with Gasteiger partial charge in [0.25, 0.3) is 0 Å². The van der Waals surface area contributed by atoms with Gasteiger partial charge in [0.2, 0.25) is 0 Å². The van der Waals surface area contributed by atoms with E-state index in [1.54, 1.807) is 0 Å². The molecule has 4 rings (SSSR count). The summed E-state index contributed by atoms with van der Waals surface area (Å²) in [4.78, 5) is 7.35. The molecule has 2 aliphatic rings. The minimum absolute atomic E-state index is 0.588. The highest BCUT2D eigenvalue weighted by Crippen LogP contribution is 2.40. The minimum Gasteiger partial charge on any atom is -0.399 e. The van der Waals surface area contributed by atoms with Crippen LogP contribution in [0.4, 0.5) is 5.69 Å². The van der Waals surface area contributed by atoms with Crippen molar-refractivity contribution in [2.24, 2.45) is 0 Å². The Labute approximate surface area is 125 Å². The molecule has 112 valence electrons. The molecule has 1 aromatic heterocycles. The zero-order valence-electron chi connectivity index (χ0n) is 12.9. The molecule has 2 N–H and O–H groups in total. The van der Waals surface area contributed by atoms with Gasteiger partial charge in [-0.05, 0) is 57.9 Å². The quantitative estimate of drug-likeness (QED) is 0.818. The van der Waals surface area contributed by atoms with Gasteiger partial charge in [0.15, 0.2) is 0 Å². The fourth-order valence-electron chi connectivity index (χ4n) is 4.50. The highest BCUT2D eigenvalue weighted by molar-refractivity contribution is 5.79. The third-order valence-corrected chi connectivity index (χ3v) is 5.57. The van der Waals surface area contributed by atoms with Crippen LogP contribution in [0.2, 0.25) is 0 Å². The number of rotatable bonds is 1. The number of aromatic nitrogens is 2. The van der Waals surface area contributed by atoms with Crippen molar-refractivity contribution < 1.29 is 0 Å². The van der Waals surface area contributed by atoms with Gasteiger partial charge < -0.3 is 15.2 Å². The molecule has 4 heteroatoms. The summed E-state index contributed by atoms with van der Waals surface area (Å²) in [6.45, 7) is 2.13. The average molecular weight is 284 g/mol. The number of fused-ring (bicyclic) bond motifs is 3. The summed E-state index contributed by atoms with van der Waals surface area (Å²) in [5.74, 6) is 1.13. The molecule has 0 aliphatic carbocycles. The van der Waals surface area contributed by atoms with E-state index in [0.717, 1.165) is 29.1 Å². The van der Waals surface area contributed by atoms with E-state index in [1.807, 2.05) is 12.1 Å². The second kappa shape index (κ2) is 4.73. The Kier molecular flexibility index (Phi) is 2.96. The van der Waals surface area contributed by atoms with Gasteiger partial charge in [-0.15, -0.1) is 0 Å². The van der Waals surface area contributed by atoms with Crippen molar-refractivity contribution in [3.8, 4) is 0 Å². The molecule has 2 fully saturated rings. The van der Waals surface area contributed by atoms with Gasteiger partial charge in [0.1, 0.15) is 5.82 Å². The molecule has 1 aromatic carbocycles. The van der Waals surface area contributed by atoms with Crippen LogP contribution in [0, 0.1) is 6.92 Å². The molecule has 2 unspecified atom stereocenters. The third kappa shape index (κ3) is 2.04. The highest BCUT2D eigenvalue weighted by Gasteiger charge is 2.37. The third-order valence-electron chi connectivity index (χ3n) is 5.57. The molecule has 4 nitrogen and oxygen atoms in total. The zero-order valence-corrected chi connectivity index (χ0v) is 12.9. The SMILES string of the molecule is Cc1nc2cc(N)ccc2n1C1CC2CCCC(C1)N2C. The van der Waals surface area contributed by atoms with Gasteiger partial charge >= 0.3 is 0 Å². The highest BCUT2D eigenvalue weighted by atomic mass is 15.2. The molecule has 2 aromatic rings. The molecule has 0 spiro atoms. The molecule has 2 aliphatic heterocycles. The van der Waals surface area contributed by atoms with E-state index in [0.29, 0.717) is 6.04 Å². The van der Waals surface area contributed by atoms with Crippen LogP contribution in [0.5, 0.6) is 0 Å². The number of imidazole rings is 1. The Morgan fingerprint density at radius 1 is 1.14 bits per heavy atom. The van der Waals surface area contributed by atoms with Crippen molar-refractivity contribution in [3.63, 3.8) is 0 Å². The number of piperidine rings is 2. The lowest BCUT2D eigenvalue weighted by atomic mass is 9.82. The van der Waals surface area contributed by atoms with Gasteiger partial charge in [0, 0.05) is 23.8 Å². The predicted octanol–water partition coefficient (Wildman–Crippen LogP) is 3.11. The summed E-state index contributed by atoms with van der Waals surface area (Å²) >= 11 is 0. The first kappa shape index (κ1) is 13.1. The number of hydrogen-bond donors (Lipinski definition) is 1. The number of nitrogen functional groups attached to an aromatic ring is 1. The molecular weight excluding hydrogens is 260 g/mol. The first-order valence-electron chi connectivity index (χ1n) is 8.09. The van der Waals surface area contributed by atoms with Crippen LogP contribution in [0.25, 0.3) is 11.0 Å². The smallest absolute Gasteiger partial charge is 0.106 e. The van der Waals surface area contributed by atoms with Crippen LogP contribution in [0.15, 0.2) is 18.2 Å². The number of nitrogens with zero attached hydrogens (tertiary/aromatic N) is 3. The van der Waals surface area contributed by atoms with Gasteiger partial charge in [-0.1, -0.05) is 6.42 Å². The lowest BCUT2D eigenvalue weighted by Crippen LogP contribution is -2.50. The van der Waals surface area contributed by atoms with E-state index in [4.69, 9.17) is 10.7 Å². The normalized spacial score (nSPS) is 29.9. The second-order valence-corrected chi connectivity index (χ2v) is 6.81. The summed E-state index contributed by atoms with van der Waals surface area (Å²) in [5, 5.41) is 0. The van der Waals surface area contributed by atoms with Gasteiger partial charge in [0.05, 0.1) is 11.0 Å². The minimum atomic E-state index is 0.588. The Morgan fingerprint density at radius 2 is 1.86 bits per heavy atom. The van der Waals surface area contributed by atoms with Crippen molar-refractivity contribution in [2.75, 3.05) is 12.8 Å². The van der Waals surface area contributed by atoms with Crippen LogP contribution in [0.3, 0.4) is 0 Å². The molecule has 2 atom stereocenters. The van der Waals surface area contributed by atoms with E-state index in [1.165, 1.54) is 37.6 Å². The maximum absolute atomic E-state index is 5.90. The maximum Gasteiger partial charge on any atom is 0.106 e. The topological polar surface area (TPSA) is 47.1 Å². The number of nitrogens with two attached hydrogens (primary N) is 1. The van der Waals surface area contributed by atoms with Crippen LogP contribution in [-0.4, -0.2) is 33.6 Å². The number of anilines is 1. The lowest BCUT2D eigenvalue weighted by Gasteiger charge is -2.47. The Balaban J connectivity index is 1.75. The van der Waals surface area contributed by atoms with Crippen molar-refractivity contribution in [2.45, 2.75) is 57.2 Å². The first-order chi connectivity index (χ1) is 10.1.